The second-order valence-electron chi connectivity index (χ2n) is 12.6. The van der Waals surface area contributed by atoms with Crippen molar-refractivity contribution >= 4 is 39.2 Å². The van der Waals surface area contributed by atoms with E-state index in [4.69, 9.17) is 0 Å². The number of nitrogens with one attached hydrogen (secondary N) is 2. The molecule has 0 aliphatic heterocycles. The molecule has 0 amide bonds. The van der Waals surface area contributed by atoms with Crippen molar-refractivity contribution in [3.8, 4) is 0 Å². The van der Waals surface area contributed by atoms with Crippen molar-refractivity contribution in [2.45, 2.75) is 45.7 Å². The summed E-state index contributed by atoms with van der Waals surface area (Å²) in [5, 5.41) is 8.83. The maximum absolute atomic E-state index is 12.8. The number of benzene rings is 6. The zero-order valence-corrected chi connectivity index (χ0v) is 28.2. The molecule has 0 radical (unpaired) electrons. The minimum absolute atomic E-state index is 0.0227. The monoisotopic (exact) mass is 657 g/mol. The van der Waals surface area contributed by atoms with Crippen LogP contribution in [0.2, 0.25) is 0 Å². The van der Waals surface area contributed by atoms with Crippen LogP contribution in [0.4, 0.5) is 41.6 Å². The van der Waals surface area contributed by atoms with Gasteiger partial charge in [0.05, 0.1) is 0 Å². The van der Waals surface area contributed by atoms with E-state index in [1.807, 2.05) is 24.3 Å². The lowest BCUT2D eigenvalue weighted by Crippen LogP contribution is -2.16. The zero-order valence-electron chi connectivity index (χ0n) is 28.2. The molecule has 6 aromatic rings. The Morgan fingerprint density at radius 3 is 1.69 bits per heavy atom. The molecule has 0 heterocycles. The molecule has 3 nitrogen and oxygen atoms in total. The molecule has 6 heteroatoms. The van der Waals surface area contributed by atoms with Crippen molar-refractivity contribution < 1.29 is 13.2 Å². The van der Waals surface area contributed by atoms with Gasteiger partial charge in [-0.1, -0.05) is 90.0 Å². The van der Waals surface area contributed by atoms with Gasteiger partial charge in [0.15, 0.2) is 0 Å². The quantitative estimate of drug-likeness (QED) is 0.101. The second-order valence-corrected chi connectivity index (χ2v) is 12.6. The Labute approximate surface area is 287 Å². The van der Waals surface area contributed by atoms with Crippen LogP contribution in [0.3, 0.4) is 0 Å². The minimum Gasteiger partial charge on any atom is -0.385 e. The van der Waals surface area contributed by atoms with Gasteiger partial charge in [-0.15, -0.1) is 0 Å². The Hall–Kier alpha value is -5.23. The summed E-state index contributed by atoms with van der Waals surface area (Å²) in [6, 6.07) is 46.6. The molecule has 1 atom stereocenters. The number of hydrogen-bond donors (Lipinski definition) is 2. The Kier molecular flexibility index (Phi) is 10.2. The van der Waals surface area contributed by atoms with Gasteiger partial charge in [-0.05, 0) is 104 Å². The van der Waals surface area contributed by atoms with E-state index < -0.39 is 12.6 Å². The second kappa shape index (κ2) is 14.9. The maximum Gasteiger partial charge on any atom is 0.389 e. The van der Waals surface area contributed by atoms with Gasteiger partial charge >= 0.3 is 6.18 Å². The molecule has 1 unspecified atom stereocenters. The fraction of sp³-hybridized carbons (Fsp3) is 0.209. The molecule has 6 aromatic carbocycles. The van der Waals surface area contributed by atoms with E-state index in [-0.39, 0.29) is 18.9 Å². The lowest BCUT2D eigenvalue weighted by Gasteiger charge is -2.26. The summed E-state index contributed by atoms with van der Waals surface area (Å²) in [4.78, 5) is 2.30. The summed E-state index contributed by atoms with van der Waals surface area (Å²) >= 11 is 0. The molecule has 0 saturated heterocycles. The SMILES string of the molecule is CCN(c1ccc(C)cc1)c1ccc(C(c2ccc(Nc3ccc(C)cc3)cc2)c2ccc(NCCCC(F)(F)F)c3ccccc23)cc1. The average Bonchev–Trinajstić information content (AvgIpc) is 3.10. The van der Waals surface area contributed by atoms with Crippen molar-refractivity contribution in [3.63, 3.8) is 0 Å². The van der Waals surface area contributed by atoms with E-state index in [1.54, 1.807) is 0 Å². The highest BCUT2D eigenvalue weighted by molar-refractivity contribution is 5.97. The highest BCUT2D eigenvalue weighted by Crippen LogP contribution is 2.40. The van der Waals surface area contributed by atoms with Crippen molar-refractivity contribution in [3.05, 3.63) is 161 Å². The van der Waals surface area contributed by atoms with Gasteiger partial charge < -0.3 is 15.5 Å². The average molecular weight is 658 g/mol. The van der Waals surface area contributed by atoms with Crippen LogP contribution in [0.1, 0.15) is 53.5 Å². The molecule has 0 aliphatic rings. The van der Waals surface area contributed by atoms with Gasteiger partial charge in [-0.25, -0.2) is 0 Å². The first-order valence-corrected chi connectivity index (χ1v) is 16.9. The van der Waals surface area contributed by atoms with Crippen LogP contribution < -0.4 is 15.5 Å². The molecule has 2 N–H and O–H groups in total. The maximum atomic E-state index is 12.8. The Morgan fingerprint density at radius 2 is 1.12 bits per heavy atom. The molecule has 250 valence electrons. The molecule has 49 heavy (non-hydrogen) atoms. The number of fused-ring (bicyclic) bond motifs is 1. The predicted molar refractivity (Wildman–Crippen MR) is 200 cm³/mol. The summed E-state index contributed by atoms with van der Waals surface area (Å²) in [5.74, 6) is -0.0823. The third-order valence-electron chi connectivity index (χ3n) is 9.01. The Morgan fingerprint density at radius 1 is 0.612 bits per heavy atom. The number of hydrogen-bond acceptors (Lipinski definition) is 3. The van der Waals surface area contributed by atoms with E-state index in [0.717, 1.165) is 62.4 Å². The van der Waals surface area contributed by atoms with Gasteiger partial charge in [-0.3, -0.25) is 0 Å². The Balaban J connectivity index is 1.37. The van der Waals surface area contributed by atoms with Gasteiger partial charge in [0.1, 0.15) is 0 Å². The number of halogens is 3. The van der Waals surface area contributed by atoms with Crippen molar-refractivity contribution in [2.75, 3.05) is 28.6 Å². The Bertz CT molecular complexity index is 1960. The highest BCUT2D eigenvalue weighted by atomic mass is 19.4. The number of aryl methyl sites for hydroxylation is 2. The van der Waals surface area contributed by atoms with Gasteiger partial charge in [0, 0.05) is 59.3 Å². The molecule has 6 rings (SSSR count). The largest absolute Gasteiger partial charge is 0.389 e. The topological polar surface area (TPSA) is 27.3 Å². The summed E-state index contributed by atoms with van der Waals surface area (Å²) in [6.07, 6.45) is -4.94. The van der Waals surface area contributed by atoms with E-state index in [1.165, 1.54) is 11.1 Å². The highest BCUT2D eigenvalue weighted by Gasteiger charge is 2.26. The van der Waals surface area contributed by atoms with Crippen LogP contribution in [0.25, 0.3) is 10.8 Å². The number of alkyl halides is 3. The third-order valence-corrected chi connectivity index (χ3v) is 9.01. The number of rotatable bonds is 12. The minimum atomic E-state index is -4.16. The molecular weight excluding hydrogens is 615 g/mol. The summed E-state index contributed by atoms with van der Waals surface area (Å²) < 4.78 is 38.4. The summed E-state index contributed by atoms with van der Waals surface area (Å²) in [6.45, 7) is 7.42. The molecule has 0 spiro atoms. The van der Waals surface area contributed by atoms with E-state index in [9.17, 15) is 13.2 Å². The van der Waals surface area contributed by atoms with Crippen LogP contribution in [-0.4, -0.2) is 19.3 Å². The smallest absolute Gasteiger partial charge is 0.385 e. The van der Waals surface area contributed by atoms with E-state index >= 15 is 0 Å². The first kappa shape index (κ1) is 33.7. The van der Waals surface area contributed by atoms with Crippen LogP contribution in [0, 0.1) is 13.8 Å². The fourth-order valence-electron chi connectivity index (χ4n) is 6.44. The number of nitrogens with zero attached hydrogens (tertiary/aromatic N) is 1. The third kappa shape index (κ3) is 8.26. The van der Waals surface area contributed by atoms with Crippen molar-refractivity contribution in [2.24, 2.45) is 0 Å². The van der Waals surface area contributed by atoms with Crippen LogP contribution in [0.5, 0.6) is 0 Å². The van der Waals surface area contributed by atoms with Crippen LogP contribution >= 0.6 is 0 Å². The van der Waals surface area contributed by atoms with Gasteiger partial charge in [0.25, 0.3) is 0 Å². The fourth-order valence-corrected chi connectivity index (χ4v) is 6.44. The van der Waals surface area contributed by atoms with E-state index in [0.29, 0.717) is 0 Å². The van der Waals surface area contributed by atoms with Gasteiger partial charge in [-0.2, -0.15) is 13.2 Å². The zero-order chi connectivity index (χ0) is 34.4. The summed E-state index contributed by atoms with van der Waals surface area (Å²) in [7, 11) is 0. The predicted octanol–water partition coefficient (Wildman–Crippen LogP) is 12.3. The van der Waals surface area contributed by atoms with Crippen molar-refractivity contribution in [1.82, 2.24) is 0 Å². The molecule has 0 aromatic heterocycles. The first-order chi connectivity index (χ1) is 23.7. The summed E-state index contributed by atoms with van der Waals surface area (Å²) in [5.41, 5.74) is 11.0. The van der Waals surface area contributed by atoms with E-state index in [2.05, 4.69) is 145 Å². The van der Waals surface area contributed by atoms with Crippen LogP contribution in [-0.2, 0) is 0 Å². The molecule has 0 fully saturated rings. The van der Waals surface area contributed by atoms with Crippen molar-refractivity contribution in [1.29, 1.82) is 0 Å². The number of anilines is 5. The molecular formula is C43H42F3N3. The first-order valence-electron chi connectivity index (χ1n) is 16.9. The van der Waals surface area contributed by atoms with Gasteiger partial charge in [0.2, 0.25) is 0 Å². The molecule has 0 saturated carbocycles. The lowest BCUT2D eigenvalue weighted by atomic mass is 9.82. The molecule has 0 bridgehead atoms. The van der Waals surface area contributed by atoms with Crippen LogP contribution in [0.15, 0.2) is 133 Å². The lowest BCUT2D eigenvalue weighted by molar-refractivity contribution is -0.134. The standard InChI is InChI=1S/C43H42F3N3/c1-4-49(36-22-12-31(3)13-23-36)37-24-16-33(17-25-37)42(32-14-20-35(21-15-32)48-34-18-10-30(2)11-19-34)40-26-27-41(39-9-6-5-8-38(39)40)47-29-7-28-43(44,45)46/h5-6,8-27,42,47-48H,4,7,28-29H2,1-3H3. The normalized spacial score (nSPS) is 12.1. The molecule has 0 aliphatic carbocycles.